The van der Waals surface area contributed by atoms with E-state index in [1.165, 1.54) is 13.2 Å². The van der Waals surface area contributed by atoms with Gasteiger partial charge in [-0.05, 0) is 18.1 Å². The molecule has 0 bridgehead atoms. The third-order valence-electron chi connectivity index (χ3n) is 1.78. The van der Waals surface area contributed by atoms with E-state index in [0.717, 1.165) is 5.56 Å². The van der Waals surface area contributed by atoms with Crippen molar-refractivity contribution in [2.75, 3.05) is 7.11 Å². The number of hydrogen-bond acceptors (Lipinski definition) is 3. The molecule has 1 aromatic rings. The van der Waals surface area contributed by atoms with E-state index in [0.29, 0.717) is 6.42 Å². The number of benzene rings is 1. The molecule has 3 heteroatoms. The van der Waals surface area contributed by atoms with Gasteiger partial charge in [-0.1, -0.05) is 24.3 Å². The molecule has 74 valence electrons. The maximum atomic E-state index is 10.7. The molecule has 0 heterocycles. The second kappa shape index (κ2) is 5.07. The van der Waals surface area contributed by atoms with Crippen LogP contribution in [0.2, 0.25) is 0 Å². The minimum absolute atomic E-state index is 0.238. The van der Waals surface area contributed by atoms with Gasteiger partial charge in [0.15, 0.2) is 0 Å². The highest BCUT2D eigenvalue weighted by atomic mass is 16.5. The quantitative estimate of drug-likeness (QED) is 0.585. The summed E-state index contributed by atoms with van der Waals surface area (Å²) in [5.41, 5.74) is 0.785. The summed E-state index contributed by atoms with van der Waals surface area (Å²) in [4.78, 5) is 10.7. The van der Waals surface area contributed by atoms with Crippen molar-refractivity contribution in [3.63, 3.8) is 0 Å². The molecule has 3 nitrogen and oxygen atoms in total. The van der Waals surface area contributed by atoms with Gasteiger partial charge in [0, 0.05) is 6.08 Å². The van der Waals surface area contributed by atoms with E-state index < -0.39 is 0 Å². The van der Waals surface area contributed by atoms with Gasteiger partial charge in [-0.2, -0.15) is 0 Å². The van der Waals surface area contributed by atoms with Crippen LogP contribution in [0.1, 0.15) is 5.56 Å². The number of rotatable bonds is 3. The van der Waals surface area contributed by atoms with E-state index >= 15 is 0 Å². The normalized spacial score (nSPS) is 10.4. The Kier molecular flexibility index (Phi) is 3.73. The third kappa shape index (κ3) is 2.94. The number of hydrogen-bond donors (Lipinski definition) is 1. The summed E-state index contributed by atoms with van der Waals surface area (Å²) in [6.45, 7) is 0. The first-order valence-electron chi connectivity index (χ1n) is 4.25. The van der Waals surface area contributed by atoms with Crippen molar-refractivity contribution in [3.05, 3.63) is 42.0 Å². The Hall–Kier alpha value is -1.77. The maximum Gasteiger partial charge on any atom is 0.330 e. The minimum atomic E-state index is -0.388. The summed E-state index contributed by atoms with van der Waals surface area (Å²) in [6.07, 6.45) is 3.51. The number of allylic oxidation sites excluding steroid dienone is 1. The highest BCUT2D eigenvalue weighted by molar-refractivity contribution is 5.81. The number of aromatic hydroxyl groups is 1. The average Bonchev–Trinajstić information content (AvgIpc) is 2.20. The summed E-state index contributed by atoms with van der Waals surface area (Å²) in [5, 5.41) is 9.38. The molecule has 14 heavy (non-hydrogen) atoms. The van der Waals surface area contributed by atoms with Gasteiger partial charge in [0.05, 0.1) is 7.11 Å². The van der Waals surface area contributed by atoms with E-state index in [1.54, 1.807) is 24.3 Å². The Balaban J connectivity index is 2.58. The largest absolute Gasteiger partial charge is 0.508 e. The Morgan fingerprint density at radius 3 is 2.86 bits per heavy atom. The van der Waals surface area contributed by atoms with Crippen molar-refractivity contribution < 1.29 is 14.6 Å². The second-order valence-electron chi connectivity index (χ2n) is 2.76. The fourth-order valence-electron chi connectivity index (χ4n) is 1.03. The number of carbonyl (C=O) groups excluding carboxylic acids is 1. The lowest BCUT2D eigenvalue weighted by Gasteiger charge is -1.99. The monoisotopic (exact) mass is 192 g/mol. The first kappa shape index (κ1) is 10.3. The zero-order valence-electron chi connectivity index (χ0n) is 7.93. The van der Waals surface area contributed by atoms with Gasteiger partial charge < -0.3 is 9.84 Å². The molecule has 0 saturated heterocycles. The molecule has 0 saturated carbocycles. The standard InChI is InChI=1S/C11H12O3/c1-14-11(13)8-4-6-9-5-2-3-7-10(9)12/h2-5,7-8,12H,6H2,1H3/b8-4-. The Bertz CT molecular complexity index is 342. The lowest BCUT2D eigenvalue weighted by atomic mass is 10.1. The number of esters is 1. The molecule has 0 spiro atoms. The number of para-hydroxylation sites is 1. The van der Waals surface area contributed by atoms with Crippen LogP contribution in [0.4, 0.5) is 0 Å². The molecule has 0 unspecified atom stereocenters. The number of carbonyl (C=O) groups is 1. The van der Waals surface area contributed by atoms with Gasteiger partial charge in [0.25, 0.3) is 0 Å². The lowest BCUT2D eigenvalue weighted by Crippen LogP contribution is -1.94. The Morgan fingerprint density at radius 1 is 1.50 bits per heavy atom. The van der Waals surface area contributed by atoms with E-state index in [1.807, 2.05) is 6.07 Å². The third-order valence-corrected chi connectivity index (χ3v) is 1.78. The van der Waals surface area contributed by atoms with Crippen LogP contribution in [0.3, 0.4) is 0 Å². The molecule has 1 aromatic carbocycles. The molecule has 0 aliphatic rings. The van der Waals surface area contributed by atoms with Gasteiger partial charge >= 0.3 is 5.97 Å². The zero-order chi connectivity index (χ0) is 10.4. The molecule has 0 amide bonds. The van der Waals surface area contributed by atoms with Crippen LogP contribution in [0.15, 0.2) is 36.4 Å². The SMILES string of the molecule is COC(=O)/C=C\Cc1ccccc1O. The molecule has 0 atom stereocenters. The number of ether oxygens (including phenoxy) is 1. The van der Waals surface area contributed by atoms with Gasteiger partial charge in [-0.3, -0.25) is 0 Å². The van der Waals surface area contributed by atoms with Crippen LogP contribution < -0.4 is 0 Å². The van der Waals surface area contributed by atoms with E-state index in [-0.39, 0.29) is 11.7 Å². The topological polar surface area (TPSA) is 46.5 Å². The van der Waals surface area contributed by atoms with Crippen LogP contribution in [0.5, 0.6) is 5.75 Å². The predicted octanol–water partition coefficient (Wildman–Crippen LogP) is 1.66. The second-order valence-corrected chi connectivity index (χ2v) is 2.76. The number of methoxy groups -OCH3 is 1. The van der Waals surface area contributed by atoms with E-state index in [9.17, 15) is 9.90 Å². The van der Waals surface area contributed by atoms with Crippen LogP contribution >= 0.6 is 0 Å². The van der Waals surface area contributed by atoms with Crippen LogP contribution in [0.25, 0.3) is 0 Å². The smallest absolute Gasteiger partial charge is 0.330 e. The van der Waals surface area contributed by atoms with Crippen molar-refractivity contribution in [2.45, 2.75) is 6.42 Å². The van der Waals surface area contributed by atoms with Crippen molar-refractivity contribution in [1.82, 2.24) is 0 Å². The number of phenolic OH excluding ortho intramolecular Hbond substituents is 1. The predicted molar refractivity (Wildman–Crippen MR) is 53.0 cm³/mol. The van der Waals surface area contributed by atoms with Crippen LogP contribution in [0, 0.1) is 0 Å². The van der Waals surface area contributed by atoms with Crippen molar-refractivity contribution in [2.24, 2.45) is 0 Å². The first-order chi connectivity index (χ1) is 6.74. The highest BCUT2D eigenvalue weighted by Gasteiger charge is 1.96. The summed E-state index contributed by atoms with van der Waals surface area (Å²) >= 11 is 0. The van der Waals surface area contributed by atoms with Crippen molar-refractivity contribution in [3.8, 4) is 5.75 Å². The molecule has 1 rings (SSSR count). The summed E-state index contributed by atoms with van der Waals surface area (Å²) < 4.78 is 4.43. The first-order valence-corrected chi connectivity index (χ1v) is 4.25. The minimum Gasteiger partial charge on any atom is -0.508 e. The molecular weight excluding hydrogens is 180 g/mol. The Morgan fingerprint density at radius 2 is 2.21 bits per heavy atom. The fraction of sp³-hybridized carbons (Fsp3) is 0.182. The fourth-order valence-corrected chi connectivity index (χ4v) is 1.03. The van der Waals surface area contributed by atoms with Gasteiger partial charge in [-0.25, -0.2) is 4.79 Å². The molecule has 0 radical (unpaired) electrons. The Labute approximate surface area is 82.6 Å². The zero-order valence-corrected chi connectivity index (χ0v) is 7.93. The van der Waals surface area contributed by atoms with Crippen molar-refractivity contribution in [1.29, 1.82) is 0 Å². The molecule has 1 N–H and O–H groups in total. The molecule has 0 aromatic heterocycles. The van der Waals surface area contributed by atoms with Gasteiger partial charge in [0.1, 0.15) is 5.75 Å². The lowest BCUT2D eigenvalue weighted by molar-refractivity contribution is -0.134. The van der Waals surface area contributed by atoms with Crippen molar-refractivity contribution >= 4 is 5.97 Å². The summed E-state index contributed by atoms with van der Waals surface area (Å²) in [6, 6.07) is 7.00. The number of phenols is 1. The molecule has 0 aliphatic heterocycles. The van der Waals surface area contributed by atoms with Crippen LogP contribution in [-0.4, -0.2) is 18.2 Å². The maximum absolute atomic E-state index is 10.7. The van der Waals surface area contributed by atoms with Crippen LogP contribution in [-0.2, 0) is 16.0 Å². The highest BCUT2D eigenvalue weighted by Crippen LogP contribution is 2.16. The molecular formula is C11H12O3. The average molecular weight is 192 g/mol. The summed E-state index contributed by atoms with van der Waals surface area (Å²) in [5.74, 6) is -0.151. The molecule has 0 fully saturated rings. The van der Waals surface area contributed by atoms with E-state index in [2.05, 4.69) is 4.74 Å². The molecule has 0 aliphatic carbocycles. The van der Waals surface area contributed by atoms with Gasteiger partial charge in [-0.15, -0.1) is 0 Å². The van der Waals surface area contributed by atoms with E-state index in [4.69, 9.17) is 0 Å². The van der Waals surface area contributed by atoms with Gasteiger partial charge in [0.2, 0.25) is 0 Å². The summed E-state index contributed by atoms with van der Waals surface area (Å²) in [7, 11) is 1.33.